The summed E-state index contributed by atoms with van der Waals surface area (Å²) < 4.78 is 0. The van der Waals surface area contributed by atoms with E-state index in [4.69, 9.17) is 11.6 Å². The summed E-state index contributed by atoms with van der Waals surface area (Å²) in [7, 11) is 3.52. The molecule has 27 heavy (non-hydrogen) atoms. The molecule has 0 unspecified atom stereocenters. The molecule has 0 saturated heterocycles. The van der Waals surface area contributed by atoms with Gasteiger partial charge in [0.15, 0.2) is 0 Å². The number of hydrogen-bond acceptors (Lipinski definition) is 4. The number of hydrogen-bond donors (Lipinski definition) is 1. The van der Waals surface area contributed by atoms with E-state index in [9.17, 15) is 9.59 Å². The smallest absolute Gasteiger partial charge is 0.238 e. The third-order valence-electron chi connectivity index (χ3n) is 3.95. The number of carbonyl (C=O) groups is 2. The third-order valence-corrected chi connectivity index (χ3v) is 4.95. The van der Waals surface area contributed by atoms with Gasteiger partial charge in [-0.1, -0.05) is 23.7 Å². The molecule has 2 aromatic rings. The predicted molar refractivity (Wildman–Crippen MR) is 112 cm³/mol. The quantitative estimate of drug-likeness (QED) is 0.682. The first-order valence-electron chi connectivity index (χ1n) is 8.48. The van der Waals surface area contributed by atoms with Crippen molar-refractivity contribution < 1.29 is 9.59 Å². The van der Waals surface area contributed by atoms with E-state index < -0.39 is 0 Å². The van der Waals surface area contributed by atoms with E-state index in [-0.39, 0.29) is 24.9 Å². The second-order valence-corrected chi connectivity index (χ2v) is 7.64. The Hall–Kier alpha value is -2.02. The maximum atomic E-state index is 12.4. The van der Waals surface area contributed by atoms with Crippen molar-refractivity contribution >= 4 is 40.9 Å². The number of nitrogens with zero attached hydrogens (tertiary/aromatic N) is 2. The summed E-state index contributed by atoms with van der Waals surface area (Å²) in [6.45, 7) is 0.844. The minimum absolute atomic E-state index is 0.0364. The van der Waals surface area contributed by atoms with Crippen LogP contribution in [0.25, 0.3) is 0 Å². The van der Waals surface area contributed by atoms with Crippen LogP contribution in [-0.4, -0.2) is 55.1 Å². The fraction of sp³-hybridized carbons (Fsp3) is 0.300. The van der Waals surface area contributed by atoms with Gasteiger partial charge in [0.1, 0.15) is 0 Å². The lowest BCUT2D eigenvalue weighted by molar-refractivity contribution is -0.131. The molecular formula is C20H24ClN3O2S. The summed E-state index contributed by atoms with van der Waals surface area (Å²) in [6, 6.07) is 15.0. The lowest BCUT2D eigenvalue weighted by Gasteiger charge is -2.22. The number of benzene rings is 2. The van der Waals surface area contributed by atoms with Crippen LogP contribution in [0.4, 0.5) is 5.69 Å². The molecule has 0 fully saturated rings. The van der Waals surface area contributed by atoms with Crippen molar-refractivity contribution in [3.63, 3.8) is 0 Å². The monoisotopic (exact) mass is 405 g/mol. The Labute approximate surface area is 169 Å². The first-order valence-corrected chi connectivity index (χ1v) is 10.1. The first-order chi connectivity index (χ1) is 12.9. The van der Waals surface area contributed by atoms with Crippen LogP contribution in [0.5, 0.6) is 0 Å². The zero-order valence-corrected chi connectivity index (χ0v) is 17.3. The summed E-state index contributed by atoms with van der Waals surface area (Å²) >= 11 is 7.51. The molecule has 0 spiro atoms. The molecule has 5 nitrogen and oxygen atoms in total. The Bertz CT molecular complexity index is 766. The Balaban J connectivity index is 1.79. The average Bonchev–Trinajstić information content (AvgIpc) is 2.64. The normalized spacial score (nSPS) is 10.7. The van der Waals surface area contributed by atoms with Crippen LogP contribution >= 0.6 is 23.4 Å². The van der Waals surface area contributed by atoms with Crippen LogP contribution in [0, 0.1) is 0 Å². The number of amides is 2. The minimum Gasteiger partial charge on any atom is -0.340 e. The van der Waals surface area contributed by atoms with E-state index in [1.165, 1.54) is 4.90 Å². The minimum atomic E-state index is -0.178. The van der Waals surface area contributed by atoms with Gasteiger partial charge in [-0.25, -0.2) is 0 Å². The molecule has 0 radical (unpaired) electrons. The molecular weight excluding hydrogens is 382 g/mol. The molecule has 0 saturated carbocycles. The highest BCUT2D eigenvalue weighted by Crippen LogP contribution is 2.16. The lowest BCUT2D eigenvalue weighted by atomic mass is 10.2. The average molecular weight is 406 g/mol. The van der Waals surface area contributed by atoms with E-state index in [1.54, 1.807) is 59.9 Å². The Kier molecular flexibility index (Phi) is 8.16. The highest BCUT2D eigenvalue weighted by atomic mass is 35.5. The summed E-state index contributed by atoms with van der Waals surface area (Å²) in [5.41, 5.74) is 1.75. The van der Waals surface area contributed by atoms with Gasteiger partial charge in [0.2, 0.25) is 11.8 Å². The van der Waals surface area contributed by atoms with Gasteiger partial charge in [-0.3, -0.25) is 14.5 Å². The van der Waals surface area contributed by atoms with Crippen molar-refractivity contribution in [1.29, 1.82) is 0 Å². The number of nitrogens with one attached hydrogen (secondary N) is 1. The zero-order chi connectivity index (χ0) is 19.8. The largest absolute Gasteiger partial charge is 0.340 e. The fourth-order valence-corrected chi connectivity index (χ4v) is 3.01. The van der Waals surface area contributed by atoms with Crippen LogP contribution in [0.3, 0.4) is 0 Å². The standard InChI is InChI=1S/C20H24ClN3O2S/c1-23(13-19(25)22-17-8-6-16(21)7-9-17)14-20(26)24(2)12-15-4-10-18(27-3)11-5-15/h4-11H,12-14H2,1-3H3,(H,22,25). The van der Waals surface area contributed by atoms with Crippen molar-refractivity contribution in [2.45, 2.75) is 11.4 Å². The molecule has 2 rings (SSSR count). The summed E-state index contributed by atoms with van der Waals surface area (Å²) in [6.07, 6.45) is 2.03. The summed E-state index contributed by atoms with van der Waals surface area (Å²) in [4.78, 5) is 29.0. The van der Waals surface area contributed by atoms with E-state index in [0.717, 1.165) is 5.56 Å². The van der Waals surface area contributed by atoms with Gasteiger partial charge < -0.3 is 10.2 Å². The van der Waals surface area contributed by atoms with Crippen molar-refractivity contribution in [3.05, 3.63) is 59.1 Å². The van der Waals surface area contributed by atoms with Crippen LogP contribution in [-0.2, 0) is 16.1 Å². The molecule has 1 N–H and O–H groups in total. The number of rotatable bonds is 8. The molecule has 2 aromatic carbocycles. The van der Waals surface area contributed by atoms with Gasteiger partial charge in [-0.2, -0.15) is 0 Å². The Morgan fingerprint density at radius 2 is 1.63 bits per heavy atom. The van der Waals surface area contributed by atoms with E-state index in [2.05, 4.69) is 5.32 Å². The SMILES string of the molecule is CSc1ccc(CN(C)C(=O)CN(C)CC(=O)Nc2ccc(Cl)cc2)cc1. The summed E-state index contributed by atoms with van der Waals surface area (Å²) in [5.74, 6) is -0.214. The molecule has 0 aliphatic rings. The number of anilines is 1. The molecule has 0 aliphatic heterocycles. The van der Waals surface area contributed by atoms with Crippen molar-refractivity contribution in [2.24, 2.45) is 0 Å². The third kappa shape index (κ3) is 7.25. The second kappa shape index (κ2) is 10.3. The van der Waals surface area contributed by atoms with Gasteiger partial charge in [0.05, 0.1) is 13.1 Å². The Morgan fingerprint density at radius 3 is 2.22 bits per heavy atom. The first kappa shape index (κ1) is 21.3. The van der Waals surface area contributed by atoms with E-state index in [0.29, 0.717) is 17.3 Å². The summed E-state index contributed by atoms with van der Waals surface area (Å²) in [5, 5.41) is 3.40. The maximum Gasteiger partial charge on any atom is 0.238 e. The van der Waals surface area contributed by atoms with Crippen molar-refractivity contribution in [2.75, 3.05) is 38.8 Å². The predicted octanol–water partition coefficient (Wildman–Crippen LogP) is 3.59. The topological polar surface area (TPSA) is 52.7 Å². The van der Waals surface area contributed by atoms with Gasteiger partial charge >= 0.3 is 0 Å². The fourth-order valence-electron chi connectivity index (χ4n) is 2.48. The zero-order valence-electron chi connectivity index (χ0n) is 15.7. The van der Waals surface area contributed by atoms with Crippen LogP contribution in [0.1, 0.15) is 5.56 Å². The van der Waals surface area contributed by atoms with Gasteiger partial charge in [0.25, 0.3) is 0 Å². The molecule has 144 valence electrons. The lowest BCUT2D eigenvalue weighted by Crippen LogP contribution is -2.39. The van der Waals surface area contributed by atoms with Crippen LogP contribution < -0.4 is 5.32 Å². The number of thioether (sulfide) groups is 1. The van der Waals surface area contributed by atoms with E-state index in [1.807, 2.05) is 30.5 Å². The van der Waals surface area contributed by atoms with Crippen molar-refractivity contribution in [1.82, 2.24) is 9.80 Å². The highest BCUT2D eigenvalue weighted by Gasteiger charge is 2.14. The number of halogens is 1. The van der Waals surface area contributed by atoms with Crippen LogP contribution in [0.15, 0.2) is 53.4 Å². The van der Waals surface area contributed by atoms with Crippen molar-refractivity contribution in [3.8, 4) is 0 Å². The molecule has 0 heterocycles. The molecule has 0 aromatic heterocycles. The molecule has 2 amide bonds. The van der Waals surface area contributed by atoms with Gasteiger partial charge in [0, 0.05) is 29.2 Å². The number of likely N-dealkylation sites (N-methyl/N-ethyl adjacent to an activating group) is 2. The molecule has 0 aliphatic carbocycles. The Morgan fingerprint density at radius 1 is 1.00 bits per heavy atom. The van der Waals surface area contributed by atoms with Gasteiger partial charge in [-0.05, 0) is 55.3 Å². The molecule has 0 atom stereocenters. The van der Waals surface area contributed by atoms with Crippen LogP contribution in [0.2, 0.25) is 5.02 Å². The van der Waals surface area contributed by atoms with Gasteiger partial charge in [-0.15, -0.1) is 11.8 Å². The van der Waals surface area contributed by atoms with E-state index >= 15 is 0 Å². The second-order valence-electron chi connectivity index (χ2n) is 6.33. The number of carbonyl (C=O) groups excluding carboxylic acids is 2. The molecule has 0 bridgehead atoms. The maximum absolute atomic E-state index is 12.4. The highest BCUT2D eigenvalue weighted by molar-refractivity contribution is 7.98. The molecule has 7 heteroatoms.